The van der Waals surface area contributed by atoms with Gasteiger partial charge >= 0.3 is 5.69 Å². The van der Waals surface area contributed by atoms with Gasteiger partial charge in [-0.25, -0.2) is 4.79 Å². The van der Waals surface area contributed by atoms with E-state index >= 15 is 0 Å². The molecule has 0 atom stereocenters. The van der Waals surface area contributed by atoms with E-state index in [1.54, 1.807) is 48.5 Å². The van der Waals surface area contributed by atoms with E-state index in [9.17, 15) is 4.79 Å². The minimum atomic E-state index is -0.518. The Morgan fingerprint density at radius 3 is 1.87 bits per heavy atom. The fourth-order valence-corrected chi connectivity index (χ4v) is 1.90. The first-order valence-electron chi connectivity index (χ1n) is 6.82. The summed E-state index contributed by atoms with van der Waals surface area (Å²) in [4.78, 5) is 22.2. The van der Waals surface area contributed by atoms with Crippen molar-refractivity contribution < 1.29 is 0 Å². The number of nitrogens with one attached hydrogen (secondary N) is 3. The van der Waals surface area contributed by atoms with Crippen LogP contribution in [0.3, 0.4) is 0 Å². The summed E-state index contributed by atoms with van der Waals surface area (Å²) in [6.45, 7) is 0. The first-order valence-corrected chi connectivity index (χ1v) is 6.82. The molecule has 3 rings (SSSR count). The van der Waals surface area contributed by atoms with Gasteiger partial charge in [-0.3, -0.25) is 4.98 Å². The fraction of sp³-hybridized carbons (Fsp3) is 0. The van der Waals surface area contributed by atoms with E-state index in [0.29, 0.717) is 11.4 Å². The highest BCUT2D eigenvalue weighted by Gasteiger charge is 2.04. The van der Waals surface area contributed by atoms with Gasteiger partial charge in [0.15, 0.2) is 0 Å². The Hall–Kier alpha value is -3.55. The minimum absolute atomic E-state index is 0.177. The summed E-state index contributed by atoms with van der Waals surface area (Å²) in [6, 6.07) is 14.1. The van der Waals surface area contributed by atoms with E-state index in [1.807, 2.05) is 0 Å². The summed E-state index contributed by atoms with van der Waals surface area (Å²) in [5.74, 6) is 0.448. The number of anilines is 6. The van der Waals surface area contributed by atoms with Crippen LogP contribution in [0.25, 0.3) is 0 Å². The molecule has 0 amide bonds. The van der Waals surface area contributed by atoms with Crippen molar-refractivity contribution in [2.45, 2.75) is 0 Å². The molecule has 23 heavy (non-hydrogen) atoms. The van der Waals surface area contributed by atoms with Crippen molar-refractivity contribution in [1.29, 1.82) is 0 Å². The molecule has 1 heterocycles. The van der Waals surface area contributed by atoms with Crippen LogP contribution in [0.5, 0.6) is 0 Å². The Bertz CT molecular complexity index is 787. The lowest BCUT2D eigenvalue weighted by molar-refractivity contribution is 1.00. The number of nitrogens with two attached hydrogens (primary N) is 2. The molecule has 0 radical (unpaired) electrons. The molecule has 8 nitrogen and oxygen atoms in total. The van der Waals surface area contributed by atoms with Gasteiger partial charge in [0.25, 0.3) is 0 Å². The van der Waals surface area contributed by atoms with E-state index in [-0.39, 0.29) is 11.9 Å². The first kappa shape index (κ1) is 14.4. The van der Waals surface area contributed by atoms with Gasteiger partial charge in [-0.05, 0) is 48.5 Å². The van der Waals surface area contributed by atoms with Gasteiger partial charge in [-0.1, -0.05) is 0 Å². The monoisotopic (exact) mass is 309 g/mol. The van der Waals surface area contributed by atoms with E-state index in [4.69, 9.17) is 11.5 Å². The number of hydrogen-bond donors (Lipinski definition) is 5. The summed E-state index contributed by atoms with van der Waals surface area (Å²) >= 11 is 0. The lowest BCUT2D eigenvalue weighted by atomic mass is 10.3. The van der Waals surface area contributed by atoms with Gasteiger partial charge in [0.2, 0.25) is 11.9 Å². The van der Waals surface area contributed by atoms with E-state index < -0.39 is 5.69 Å². The van der Waals surface area contributed by atoms with Gasteiger partial charge in [0, 0.05) is 22.7 Å². The quantitative estimate of drug-likeness (QED) is 0.464. The van der Waals surface area contributed by atoms with Crippen LogP contribution in [-0.2, 0) is 0 Å². The number of aromatic nitrogens is 3. The van der Waals surface area contributed by atoms with Crippen LogP contribution in [0.4, 0.5) is 34.6 Å². The maximum absolute atomic E-state index is 11.7. The predicted molar refractivity (Wildman–Crippen MR) is 90.9 cm³/mol. The Morgan fingerprint density at radius 2 is 1.30 bits per heavy atom. The maximum atomic E-state index is 11.7. The van der Waals surface area contributed by atoms with Crippen molar-refractivity contribution in [3.63, 3.8) is 0 Å². The maximum Gasteiger partial charge on any atom is 0.351 e. The second-order valence-electron chi connectivity index (χ2n) is 4.82. The molecule has 0 aliphatic heterocycles. The van der Waals surface area contributed by atoms with E-state index in [1.165, 1.54) is 0 Å². The van der Waals surface area contributed by atoms with Crippen LogP contribution < -0.4 is 27.8 Å². The number of nitrogen functional groups attached to an aromatic ring is 2. The molecule has 1 aromatic heterocycles. The summed E-state index contributed by atoms with van der Waals surface area (Å²) in [5, 5.41) is 5.93. The smallest absolute Gasteiger partial charge is 0.351 e. The molecule has 2 aromatic carbocycles. The molecular formula is C15H15N7O. The molecule has 0 aliphatic carbocycles. The molecule has 7 N–H and O–H groups in total. The van der Waals surface area contributed by atoms with Crippen LogP contribution >= 0.6 is 0 Å². The number of nitrogens with zero attached hydrogens (tertiary/aromatic N) is 2. The molecule has 0 saturated heterocycles. The van der Waals surface area contributed by atoms with Gasteiger partial charge in [0.1, 0.15) is 0 Å². The molecule has 0 saturated carbocycles. The Morgan fingerprint density at radius 1 is 0.783 bits per heavy atom. The van der Waals surface area contributed by atoms with Gasteiger partial charge in [-0.15, -0.1) is 0 Å². The van der Waals surface area contributed by atoms with Crippen molar-refractivity contribution in [3.8, 4) is 0 Å². The topological polar surface area (TPSA) is 135 Å². The third kappa shape index (κ3) is 3.76. The summed E-state index contributed by atoms with van der Waals surface area (Å²) in [7, 11) is 0. The first-order chi connectivity index (χ1) is 11.1. The average molecular weight is 309 g/mol. The minimum Gasteiger partial charge on any atom is -0.399 e. The number of rotatable bonds is 4. The Kier molecular flexibility index (Phi) is 3.79. The predicted octanol–water partition coefficient (Wildman–Crippen LogP) is 1.82. The van der Waals surface area contributed by atoms with Crippen molar-refractivity contribution in [2.24, 2.45) is 0 Å². The number of hydrogen-bond acceptors (Lipinski definition) is 7. The third-order valence-corrected chi connectivity index (χ3v) is 2.99. The van der Waals surface area contributed by atoms with Crippen LogP contribution in [0.2, 0.25) is 0 Å². The molecule has 0 unspecified atom stereocenters. The molecule has 0 fully saturated rings. The average Bonchev–Trinajstić information content (AvgIpc) is 2.51. The van der Waals surface area contributed by atoms with Crippen LogP contribution in [0, 0.1) is 0 Å². The largest absolute Gasteiger partial charge is 0.399 e. The second-order valence-corrected chi connectivity index (χ2v) is 4.82. The summed E-state index contributed by atoms with van der Waals surface area (Å²) < 4.78 is 0. The molecule has 3 aromatic rings. The van der Waals surface area contributed by atoms with Gasteiger partial charge in [-0.2, -0.15) is 9.97 Å². The lowest BCUT2D eigenvalue weighted by Crippen LogP contribution is -2.16. The summed E-state index contributed by atoms with van der Waals surface area (Å²) in [6.07, 6.45) is 0. The zero-order chi connectivity index (χ0) is 16.2. The van der Waals surface area contributed by atoms with Crippen LogP contribution in [0.15, 0.2) is 53.3 Å². The standard InChI is InChI=1S/C15H15N7O/c16-9-1-5-11(6-2-9)18-13-20-14(22-15(23)21-13)19-12-7-3-10(17)4-8-12/h1-8H,16-17H2,(H3,18,19,20,21,22,23). The molecule has 8 heteroatoms. The van der Waals surface area contributed by atoms with Gasteiger partial charge < -0.3 is 22.1 Å². The number of aromatic amines is 1. The highest BCUT2D eigenvalue weighted by atomic mass is 16.1. The van der Waals surface area contributed by atoms with E-state index in [2.05, 4.69) is 25.6 Å². The Balaban J connectivity index is 1.82. The highest BCUT2D eigenvalue weighted by molar-refractivity contribution is 5.60. The zero-order valence-electron chi connectivity index (χ0n) is 12.1. The van der Waals surface area contributed by atoms with Crippen LogP contribution in [0.1, 0.15) is 0 Å². The Labute approximate surface area is 131 Å². The fourth-order valence-electron chi connectivity index (χ4n) is 1.90. The van der Waals surface area contributed by atoms with Crippen molar-refractivity contribution in [3.05, 3.63) is 59.0 Å². The number of H-pyrrole nitrogens is 1. The molecule has 0 bridgehead atoms. The van der Waals surface area contributed by atoms with Crippen molar-refractivity contribution in [1.82, 2.24) is 15.0 Å². The van der Waals surface area contributed by atoms with Crippen molar-refractivity contribution >= 4 is 34.6 Å². The lowest BCUT2D eigenvalue weighted by Gasteiger charge is -2.08. The van der Waals surface area contributed by atoms with Crippen molar-refractivity contribution in [2.75, 3.05) is 22.1 Å². The molecular weight excluding hydrogens is 294 g/mol. The molecule has 0 aliphatic rings. The second kappa shape index (κ2) is 6.06. The third-order valence-electron chi connectivity index (χ3n) is 2.99. The van der Waals surface area contributed by atoms with Gasteiger partial charge in [0.05, 0.1) is 0 Å². The summed E-state index contributed by atoms with van der Waals surface area (Å²) in [5.41, 5.74) is 13.5. The zero-order valence-corrected chi connectivity index (χ0v) is 12.1. The SMILES string of the molecule is Nc1ccc(Nc2nc(Nc3ccc(N)cc3)[nH]c(=O)n2)cc1. The highest BCUT2D eigenvalue weighted by Crippen LogP contribution is 2.17. The van der Waals surface area contributed by atoms with E-state index in [0.717, 1.165) is 11.4 Å². The molecule has 116 valence electrons. The normalized spacial score (nSPS) is 10.3. The number of benzene rings is 2. The molecule has 0 spiro atoms. The van der Waals surface area contributed by atoms with Crippen LogP contribution in [-0.4, -0.2) is 15.0 Å².